The van der Waals surface area contributed by atoms with Crippen LogP contribution in [-0.2, 0) is 14.3 Å². The summed E-state index contributed by atoms with van der Waals surface area (Å²) in [4.78, 5) is 22.5. The highest BCUT2D eigenvalue weighted by atomic mass is 35.5. The topological polar surface area (TPSA) is 64.6 Å². The first-order valence-corrected chi connectivity index (χ1v) is 5.66. The zero-order valence-corrected chi connectivity index (χ0v) is 10.9. The Hall–Kier alpha value is -1.75. The van der Waals surface area contributed by atoms with Gasteiger partial charge in [0.2, 0.25) is 0 Å². The largest absolute Gasteiger partial charge is 0.484 e. The van der Waals surface area contributed by atoms with Crippen LogP contribution in [0.3, 0.4) is 0 Å². The molecule has 0 saturated heterocycles. The molecule has 1 aromatic rings. The average molecular weight is 272 g/mol. The number of hydrogen-bond acceptors (Lipinski definition) is 4. The van der Waals surface area contributed by atoms with Gasteiger partial charge in [0.25, 0.3) is 5.91 Å². The number of carbonyl (C=O) groups excluding carboxylic acids is 2. The van der Waals surface area contributed by atoms with E-state index in [1.54, 1.807) is 24.3 Å². The van der Waals surface area contributed by atoms with E-state index in [2.05, 4.69) is 10.1 Å². The van der Waals surface area contributed by atoms with E-state index in [-0.39, 0.29) is 6.61 Å². The summed E-state index contributed by atoms with van der Waals surface area (Å²) in [6.45, 7) is 1.34. The van der Waals surface area contributed by atoms with Crippen molar-refractivity contribution in [3.63, 3.8) is 0 Å². The van der Waals surface area contributed by atoms with Gasteiger partial charge in [-0.2, -0.15) is 0 Å². The Kier molecular flexibility index (Phi) is 5.45. The van der Waals surface area contributed by atoms with Crippen LogP contribution in [0.4, 0.5) is 0 Å². The molecule has 0 heterocycles. The summed E-state index contributed by atoms with van der Waals surface area (Å²) in [5.41, 5.74) is 0. The third-order valence-electron chi connectivity index (χ3n) is 2.10. The van der Waals surface area contributed by atoms with E-state index in [4.69, 9.17) is 16.3 Å². The molecule has 0 bridgehead atoms. The molecule has 0 aliphatic carbocycles. The summed E-state index contributed by atoms with van der Waals surface area (Å²) >= 11 is 5.76. The molecule has 98 valence electrons. The van der Waals surface area contributed by atoms with Gasteiger partial charge in [0.15, 0.2) is 6.61 Å². The first-order chi connectivity index (χ1) is 8.52. The predicted octanol–water partition coefficient (Wildman–Crippen LogP) is 1.40. The van der Waals surface area contributed by atoms with Gasteiger partial charge in [0.1, 0.15) is 11.8 Å². The average Bonchev–Trinajstić information content (AvgIpc) is 2.35. The molecule has 0 unspecified atom stereocenters. The summed E-state index contributed by atoms with van der Waals surface area (Å²) in [5, 5.41) is 2.97. The molecule has 18 heavy (non-hydrogen) atoms. The van der Waals surface area contributed by atoms with Crippen molar-refractivity contribution in [2.24, 2.45) is 0 Å². The van der Waals surface area contributed by atoms with Crippen molar-refractivity contribution < 1.29 is 19.1 Å². The fraction of sp³-hybridized carbons (Fsp3) is 0.333. The van der Waals surface area contributed by atoms with Crippen LogP contribution < -0.4 is 10.1 Å². The van der Waals surface area contributed by atoms with E-state index in [9.17, 15) is 9.59 Å². The highest BCUT2D eigenvalue weighted by Gasteiger charge is 2.15. The fourth-order valence-corrected chi connectivity index (χ4v) is 1.40. The molecule has 1 amide bonds. The Morgan fingerprint density at radius 2 is 2.17 bits per heavy atom. The van der Waals surface area contributed by atoms with Crippen LogP contribution in [-0.4, -0.2) is 31.6 Å². The molecule has 6 heteroatoms. The van der Waals surface area contributed by atoms with Crippen molar-refractivity contribution in [3.8, 4) is 5.75 Å². The Balaban J connectivity index is 2.40. The lowest BCUT2D eigenvalue weighted by atomic mass is 10.3. The summed E-state index contributed by atoms with van der Waals surface area (Å²) < 4.78 is 9.69. The van der Waals surface area contributed by atoms with E-state index in [0.717, 1.165) is 0 Å². The number of ether oxygens (including phenoxy) is 2. The van der Waals surface area contributed by atoms with Gasteiger partial charge >= 0.3 is 5.97 Å². The number of methoxy groups -OCH3 is 1. The van der Waals surface area contributed by atoms with Crippen LogP contribution in [0.5, 0.6) is 5.75 Å². The van der Waals surface area contributed by atoms with Crippen LogP contribution in [0, 0.1) is 0 Å². The van der Waals surface area contributed by atoms with Crippen molar-refractivity contribution in [2.75, 3.05) is 13.7 Å². The summed E-state index contributed by atoms with van der Waals surface area (Å²) in [6.07, 6.45) is 0. The molecule has 0 fully saturated rings. The van der Waals surface area contributed by atoms with E-state index in [1.165, 1.54) is 14.0 Å². The number of nitrogens with one attached hydrogen (secondary N) is 1. The maximum absolute atomic E-state index is 11.5. The van der Waals surface area contributed by atoms with Gasteiger partial charge in [0, 0.05) is 5.02 Å². The van der Waals surface area contributed by atoms with Gasteiger partial charge in [-0.15, -0.1) is 0 Å². The van der Waals surface area contributed by atoms with E-state index in [0.29, 0.717) is 10.8 Å². The van der Waals surface area contributed by atoms with Crippen molar-refractivity contribution >= 4 is 23.5 Å². The first-order valence-electron chi connectivity index (χ1n) is 5.28. The van der Waals surface area contributed by atoms with E-state index >= 15 is 0 Å². The van der Waals surface area contributed by atoms with Gasteiger partial charge < -0.3 is 14.8 Å². The van der Waals surface area contributed by atoms with Crippen molar-refractivity contribution in [1.29, 1.82) is 0 Å². The Morgan fingerprint density at radius 1 is 1.44 bits per heavy atom. The maximum Gasteiger partial charge on any atom is 0.328 e. The maximum atomic E-state index is 11.5. The molecule has 1 atom stereocenters. The van der Waals surface area contributed by atoms with Crippen molar-refractivity contribution in [3.05, 3.63) is 29.3 Å². The van der Waals surface area contributed by atoms with Crippen molar-refractivity contribution in [1.82, 2.24) is 5.32 Å². The molecule has 1 N–H and O–H groups in total. The van der Waals surface area contributed by atoms with Gasteiger partial charge in [-0.3, -0.25) is 4.79 Å². The smallest absolute Gasteiger partial charge is 0.328 e. The fourth-order valence-electron chi connectivity index (χ4n) is 1.22. The molecule has 0 saturated carbocycles. The van der Waals surface area contributed by atoms with Crippen LogP contribution >= 0.6 is 11.6 Å². The molecule has 0 aliphatic heterocycles. The highest BCUT2D eigenvalue weighted by molar-refractivity contribution is 6.30. The van der Waals surface area contributed by atoms with Gasteiger partial charge in [-0.1, -0.05) is 17.7 Å². The lowest BCUT2D eigenvalue weighted by Gasteiger charge is -2.12. The number of amides is 1. The zero-order valence-electron chi connectivity index (χ0n) is 10.1. The van der Waals surface area contributed by atoms with E-state index in [1.807, 2.05) is 0 Å². The monoisotopic (exact) mass is 271 g/mol. The second-order valence-corrected chi connectivity index (χ2v) is 3.99. The van der Waals surface area contributed by atoms with Crippen LogP contribution in [0.2, 0.25) is 5.02 Å². The third-order valence-corrected chi connectivity index (χ3v) is 2.33. The van der Waals surface area contributed by atoms with Crippen LogP contribution in [0.15, 0.2) is 24.3 Å². The number of halogens is 1. The SMILES string of the molecule is COC(=O)[C@H](C)NC(=O)COc1cccc(Cl)c1. The standard InChI is InChI=1S/C12H14ClNO4/c1-8(12(16)17-2)14-11(15)7-18-10-5-3-4-9(13)6-10/h3-6,8H,7H2,1-2H3,(H,14,15)/t8-/m0/s1. The van der Waals surface area contributed by atoms with Gasteiger partial charge in [0.05, 0.1) is 7.11 Å². The second-order valence-electron chi connectivity index (χ2n) is 3.56. The Labute approximate surface area is 110 Å². The number of hydrogen-bond donors (Lipinski definition) is 1. The number of carbonyl (C=O) groups is 2. The molecule has 5 nitrogen and oxygen atoms in total. The molecule has 0 spiro atoms. The normalized spacial score (nSPS) is 11.5. The minimum atomic E-state index is -0.703. The Bertz CT molecular complexity index is 436. The molecule has 1 aromatic carbocycles. The summed E-state index contributed by atoms with van der Waals surface area (Å²) in [7, 11) is 1.26. The van der Waals surface area contributed by atoms with Gasteiger partial charge in [-0.05, 0) is 25.1 Å². The summed E-state index contributed by atoms with van der Waals surface area (Å²) in [6, 6.07) is 5.99. The molecular weight excluding hydrogens is 258 g/mol. The number of rotatable bonds is 5. The lowest BCUT2D eigenvalue weighted by molar-refractivity contribution is -0.144. The molecule has 1 rings (SSSR count). The molecule has 0 radical (unpaired) electrons. The summed E-state index contributed by atoms with van der Waals surface area (Å²) in [5.74, 6) is -0.428. The minimum Gasteiger partial charge on any atom is -0.484 e. The van der Waals surface area contributed by atoms with Crippen LogP contribution in [0.25, 0.3) is 0 Å². The number of benzene rings is 1. The number of esters is 1. The second kappa shape index (κ2) is 6.86. The third kappa shape index (κ3) is 4.63. The first kappa shape index (κ1) is 14.3. The zero-order chi connectivity index (χ0) is 13.5. The van der Waals surface area contributed by atoms with Crippen molar-refractivity contribution in [2.45, 2.75) is 13.0 Å². The predicted molar refractivity (Wildman–Crippen MR) is 66.6 cm³/mol. The quantitative estimate of drug-likeness (QED) is 0.822. The van der Waals surface area contributed by atoms with Gasteiger partial charge in [-0.25, -0.2) is 4.79 Å². The molecule has 0 aromatic heterocycles. The molecule has 0 aliphatic rings. The lowest BCUT2D eigenvalue weighted by Crippen LogP contribution is -2.41. The minimum absolute atomic E-state index is 0.193. The Morgan fingerprint density at radius 3 is 2.78 bits per heavy atom. The molecular formula is C12H14ClNO4. The van der Waals surface area contributed by atoms with Crippen LogP contribution in [0.1, 0.15) is 6.92 Å². The highest BCUT2D eigenvalue weighted by Crippen LogP contribution is 2.16. The van der Waals surface area contributed by atoms with E-state index < -0.39 is 17.9 Å².